The van der Waals surface area contributed by atoms with Gasteiger partial charge in [0, 0.05) is 24.4 Å². The number of amides is 1. The minimum Gasteiger partial charge on any atom is -0.481 e. The van der Waals surface area contributed by atoms with Gasteiger partial charge in [-0.3, -0.25) is 14.8 Å². The number of hydroxylamine groups is 1. The van der Waals surface area contributed by atoms with E-state index in [0.717, 1.165) is 4.31 Å². The third kappa shape index (κ3) is 5.13. The summed E-state index contributed by atoms with van der Waals surface area (Å²) >= 11 is 5.87. The molecular formula is C22H23ClN2O9S. The molecule has 1 heterocycles. The van der Waals surface area contributed by atoms with E-state index in [1.807, 2.05) is 0 Å². The highest BCUT2D eigenvalue weighted by Gasteiger charge is 2.59. The quantitative estimate of drug-likeness (QED) is 0.330. The highest BCUT2D eigenvalue weighted by molar-refractivity contribution is 7.89. The lowest BCUT2D eigenvalue weighted by atomic mass is 9.95. The molecule has 0 radical (unpaired) electrons. The number of nitrogens with zero attached hydrogens (tertiary/aromatic N) is 1. The molecule has 1 amide bonds. The Morgan fingerprint density at radius 2 is 1.60 bits per heavy atom. The number of carboxylic acids is 1. The molecule has 2 atom stereocenters. The Morgan fingerprint density at radius 1 is 1.06 bits per heavy atom. The average molecular weight is 527 g/mol. The number of ether oxygens (including phenoxy) is 3. The van der Waals surface area contributed by atoms with Crippen molar-refractivity contribution in [3.63, 3.8) is 0 Å². The number of carbonyl (C=O) groups excluding carboxylic acids is 1. The lowest BCUT2D eigenvalue weighted by molar-refractivity contribution is -0.143. The first-order chi connectivity index (χ1) is 16.7. The number of fused-ring (bicyclic) bond motifs is 1. The van der Waals surface area contributed by atoms with Crippen LogP contribution in [0.4, 0.5) is 0 Å². The Labute approximate surface area is 206 Å². The van der Waals surface area contributed by atoms with E-state index in [9.17, 15) is 28.3 Å². The molecule has 0 aromatic heterocycles. The van der Waals surface area contributed by atoms with Crippen molar-refractivity contribution >= 4 is 33.5 Å². The van der Waals surface area contributed by atoms with E-state index < -0.39 is 52.6 Å². The summed E-state index contributed by atoms with van der Waals surface area (Å²) in [6.45, 7) is -0.503. The zero-order valence-electron chi connectivity index (χ0n) is 18.3. The fraction of sp³-hybridized carbons (Fsp3) is 0.364. The number of carboxylic acid groups (broad SMARTS) is 1. The van der Waals surface area contributed by atoms with E-state index >= 15 is 0 Å². The summed E-state index contributed by atoms with van der Waals surface area (Å²) in [6.07, 6.45) is -1.94. The second-order valence-corrected chi connectivity index (χ2v) is 10.5. The summed E-state index contributed by atoms with van der Waals surface area (Å²) in [5.41, 5.74) is -0.272. The molecule has 11 nitrogen and oxygen atoms in total. The predicted octanol–water partition coefficient (Wildman–Crippen LogP) is 2.38. The van der Waals surface area contributed by atoms with Crippen molar-refractivity contribution in [3.8, 4) is 11.5 Å². The molecule has 2 aliphatic rings. The van der Waals surface area contributed by atoms with Crippen LogP contribution >= 0.6 is 11.6 Å². The van der Waals surface area contributed by atoms with Gasteiger partial charge in [-0.05, 0) is 48.5 Å². The lowest BCUT2D eigenvalue weighted by Gasteiger charge is -2.38. The number of sulfonamides is 1. The van der Waals surface area contributed by atoms with Gasteiger partial charge in [0.25, 0.3) is 5.91 Å². The summed E-state index contributed by atoms with van der Waals surface area (Å²) in [5.74, 6) is -1.40. The minimum absolute atomic E-state index is 0.00309. The standard InChI is InChI=1S/C22H23ClN2O9S/c23-14-1-3-15(4-2-14)34-16-5-7-17(8-6-16)35(30,31)25(10-9-20(26)27)22(21(28)24-29)11-18-19(12-22)33-13-32-18/h1-8,18-19,29H,9-13H2,(H,24,28)(H,26,27). The first-order valence-corrected chi connectivity index (χ1v) is 12.4. The molecule has 188 valence electrons. The fourth-order valence-corrected chi connectivity index (χ4v) is 6.26. The number of halogens is 1. The maximum absolute atomic E-state index is 13.7. The topological polar surface area (TPSA) is 152 Å². The van der Waals surface area contributed by atoms with Crippen LogP contribution in [0, 0.1) is 0 Å². The molecule has 35 heavy (non-hydrogen) atoms. The number of aliphatic carboxylic acids is 1. The molecule has 2 unspecified atom stereocenters. The van der Waals surface area contributed by atoms with Crippen molar-refractivity contribution in [1.29, 1.82) is 0 Å². The Hall–Kier alpha value is -2.74. The molecule has 13 heteroatoms. The molecule has 0 spiro atoms. The molecule has 4 rings (SSSR count). The third-order valence-electron chi connectivity index (χ3n) is 6.05. The molecule has 1 aliphatic carbocycles. The Balaban J connectivity index is 1.66. The van der Waals surface area contributed by atoms with E-state index in [1.54, 1.807) is 24.3 Å². The normalized spacial score (nSPS) is 23.7. The summed E-state index contributed by atoms with van der Waals surface area (Å²) in [4.78, 5) is 24.0. The van der Waals surface area contributed by atoms with Crippen LogP contribution in [0.25, 0.3) is 0 Å². The first-order valence-electron chi connectivity index (χ1n) is 10.6. The van der Waals surface area contributed by atoms with Crippen LogP contribution in [0.15, 0.2) is 53.4 Å². The van der Waals surface area contributed by atoms with Gasteiger partial charge in [-0.15, -0.1) is 0 Å². The third-order valence-corrected chi connectivity index (χ3v) is 8.28. The lowest BCUT2D eigenvalue weighted by Crippen LogP contribution is -2.60. The highest BCUT2D eigenvalue weighted by Crippen LogP contribution is 2.44. The van der Waals surface area contributed by atoms with Crippen molar-refractivity contribution in [2.45, 2.75) is 41.9 Å². The number of benzene rings is 2. The number of hydrogen-bond donors (Lipinski definition) is 3. The van der Waals surface area contributed by atoms with Crippen LogP contribution in [0.2, 0.25) is 5.02 Å². The van der Waals surface area contributed by atoms with Gasteiger partial charge in [0.05, 0.1) is 23.5 Å². The molecule has 1 aliphatic heterocycles. The van der Waals surface area contributed by atoms with Gasteiger partial charge >= 0.3 is 5.97 Å². The van der Waals surface area contributed by atoms with Crippen LogP contribution in [0.1, 0.15) is 19.3 Å². The number of rotatable bonds is 9. The van der Waals surface area contributed by atoms with E-state index in [0.29, 0.717) is 16.5 Å². The maximum Gasteiger partial charge on any atom is 0.304 e. The number of carbonyl (C=O) groups is 2. The second-order valence-electron chi connectivity index (χ2n) is 8.16. The van der Waals surface area contributed by atoms with Gasteiger partial charge in [-0.1, -0.05) is 11.6 Å². The molecule has 3 N–H and O–H groups in total. The molecule has 2 aromatic rings. The van der Waals surface area contributed by atoms with Gasteiger partial charge < -0.3 is 19.3 Å². The molecule has 1 saturated carbocycles. The Bertz CT molecular complexity index is 1180. The molecular weight excluding hydrogens is 504 g/mol. The van der Waals surface area contributed by atoms with Crippen LogP contribution in [0.5, 0.6) is 11.5 Å². The zero-order valence-corrected chi connectivity index (χ0v) is 19.9. The molecule has 2 fully saturated rings. The fourth-order valence-electron chi connectivity index (χ4n) is 4.37. The van der Waals surface area contributed by atoms with Gasteiger partial charge in [0.2, 0.25) is 10.0 Å². The smallest absolute Gasteiger partial charge is 0.304 e. The first kappa shape index (κ1) is 25.4. The van der Waals surface area contributed by atoms with Gasteiger partial charge in [-0.2, -0.15) is 4.31 Å². The average Bonchev–Trinajstić information content (AvgIpc) is 3.40. The summed E-state index contributed by atoms with van der Waals surface area (Å²) in [6, 6.07) is 12.1. The van der Waals surface area contributed by atoms with Crippen molar-refractivity contribution in [3.05, 3.63) is 53.6 Å². The van der Waals surface area contributed by atoms with Gasteiger partial charge in [-0.25, -0.2) is 13.9 Å². The Morgan fingerprint density at radius 3 is 2.11 bits per heavy atom. The summed E-state index contributed by atoms with van der Waals surface area (Å²) in [7, 11) is -4.41. The molecule has 0 bridgehead atoms. The van der Waals surface area contributed by atoms with Crippen LogP contribution in [0.3, 0.4) is 0 Å². The largest absolute Gasteiger partial charge is 0.481 e. The number of nitrogens with one attached hydrogen (secondary N) is 1. The monoisotopic (exact) mass is 526 g/mol. The predicted molar refractivity (Wildman–Crippen MR) is 121 cm³/mol. The number of hydrogen-bond acceptors (Lipinski definition) is 8. The van der Waals surface area contributed by atoms with Gasteiger partial charge in [0.1, 0.15) is 23.8 Å². The van der Waals surface area contributed by atoms with Crippen molar-refractivity contribution in [2.24, 2.45) is 0 Å². The zero-order chi connectivity index (χ0) is 25.2. The van der Waals surface area contributed by atoms with Crippen molar-refractivity contribution in [2.75, 3.05) is 13.3 Å². The van der Waals surface area contributed by atoms with Crippen LogP contribution < -0.4 is 10.2 Å². The summed E-state index contributed by atoms with van der Waals surface area (Å²) in [5, 5.41) is 19.2. The SMILES string of the molecule is O=C(O)CCN(C1(C(=O)NO)CC2OCOC2C1)S(=O)(=O)c1ccc(Oc2ccc(Cl)cc2)cc1. The molecule has 2 aromatic carbocycles. The summed E-state index contributed by atoms with van der Waals surface area (Å²) < 4.78 is 44.9. The minimum atomic E-state index is -4.41. The molecule has 1 saturated heterocycles. The van der Waals surface area contributed by atoms with E-state index in [2.05, 4.69) is 0 Å². The van der Waals surface area contributed by atoms with Crippen molar-refractivity contribution < 1.29 is 42.5 Å². The Kier molecular flexibility index (Phi) is 7.31. The van der Waals surface area contributed by atoms with E-state index in [1.165, 1.54) is 29.7 Å². The highest BCUT2D eigenvalue weighted by atomic mass is 35.5. The van der Waals surface area contributed by atoms with E-state index in [4.69, 9.17) is 25.8 Å². The van der Waals surface area contributed by atoms with Crippen molar-refractivity contribution in [1.82, 2.24) is 9.79 Å². The van der Waals surface area contributed by atoms with Crippen LogP contribution in [-0.2, 0) is 29.1 Å². The maximum atomic E-state index is 13.7. The van der Waals surface area contributed by atoms with Crippen LogP contribution in [-0.4, -0.2) is 66.0 Å². The van der Waals surface area contributed by atoms with Gasteiger partial charge in [0.15, 0.2) is 0 Å². The van der Waals surface area contributed by atoms with E-state index in [-0.39, 0.29) is 24.5 Å². The second kappa shape index (κ2) is 10.1.